The van der Waals surface area contributed by atoms with Crippen LogP contribution in [0.3, 0.4) is 0 Å². The van der Waals surface area contributed by atoms with Gasteiger partial charge in [0.2, 0.25) is 5.89 Å². The molecule has 1 aromatic rings. The van der Waals surface area contributed by atoms with Crippen LogP contribution in [0, 0.1) is 6.92 Å². The third-order valence-electron chi connectivity index (χ3n) is 2.86. The van der Waals surface area contributed by atoms with E-state index in [0.717, 1.165) is 18.9 Å². The average Bonchev–Trinajstić information content (AvgIpc) is 2.65. The predicted molar refractivity (Wildman–Crippen MR) is 53.1 cm³/mol. The van der Waals surface area contributed by atoms with Crippen LogP contribution in [-0.2, 0) is 0 Å². The second-order valence-corrected chi connectivity index (χ2v) is 3.90. The van der Waals surface area contributed by atoms with Gasteiger partial charge in [0.25, 0.3) is 0 Å². The molecule has 1 atom stereocenters. The molecule has 1 aliphatic heterocycles. The fourth-order valence-corrected chi connectivity index (χ4v) is 2.03. The first-order valence-electron chi connectivity index (χ1n) is 5.32. The lowest BCUT2D eigenvalue weighted by Gasteiger charge is -2.29. The number of aryl methyl sites for hydroxylation is 1. The number of likely N-dealkylation sites (N-methyl/N-ethyl adjacent to an activating group) is 1. The summed E-state index contributed by atoms with van der Waals surface area (Å²) in [7, 11) is 0. The highest BCUT2D eigenvalue weighted by Gasteiger charge is 2.23. The molecule has 0 N–H and O–H groups in total. The summed E-state index contributed by atoms with van der Waals surface area (Å²) in [6.07, 6.45) is 2.43. The van der Waals surface area contributed by atoms with Gasteiger partial charge >= 0.3 is 0 Å². The Kier molecular flexibility index (Phi) is 2.82. The van der Waals surface area contributed by atoms with Gasteiger partial charge < -0.3 is 9.42 Å². The number of hydrogen-bond donors (Lipinski definition) is 0. The van der Waals surface area contributed by atoms with Crippen LogP contribution in [0.1, 0.15) is 37.4 Å². The van der Waals surface area contributed by atoms with Crippen LogP contribution in [-0.4, -0.2) is 34.7 Å². The molecule has 0 saturated carbocycles. The standard InChI is InChI=1S/C10H17N3O/c1-3-13-6-4-5-9(7-13)10-11-8(2)14-12-10/h9H,3-7H2,1-2H3. The number of aromatic nitrogens is 2. The molecular weight excluding hydrogens is 178 g/mol. The number of nitrogens with zero attached hydrogens (tertiary/aromatic N) is 3. The largest absolute Gasteiger partial charge is 0.340 e. The van der Waals surface area contributed by atoms with Gasteiger partial charge in [-0.05, 0) is 25.9 Å². The van der Waals surface area contributed by atoms with Crippen LogP contribution in [0.2, 0.25) is 0 Å². The molecule has 0 amide bonds. The van der Waals surface area contributed by atoms with E-state index in [-0.39, 0.29) is 0 Å². The van der Waals surface area contributed by atoms with Gasteiger partial charge in [0, 0.05) is 19.4 Å². The molecule has 2 rings (SSSR count). The van der Waals surface area contributed by atoms with Gasteiger partial charge in [-0.3, -0.25) is 0 Å². The van der Waals surface area contributed by atoms with E-state index in [4.69, 9.17) is 4.52 Å². The van der Waals surface area contributed by atoms with E-state index in [1.165, 1.54) is 19.4 Å². The minimum atomic E-state index is 0.473. The maximum atomic E-state index is 5.01. The molecule has 0 bridgehead atoms. The van der Waals surface area contributed by atoms with Crippen molar-refractivity contribution in [3.05, 3.63) is 11.7 Å². The minimum absolute atomic E-state index is 0.473. The van der Waals surface area contributed by atoms with Crippen molar-refractivity contribution >= 4 is 0 Å². The summed E-state index contributed by atoms with van der Waals surface area (Å²) < 4.78 is 5.01. The molecule has 1 saturated heterocycles. The zero-order valence-corrected chi connectivity index (χ0v) is 8.86. The molecule has 78 valence electrons. The second kappa shape index (κ2) is 4.09. The van der Waals surface area contributed by atoms with Crippen LogP contribution < -0.4 is 0 Å². The molecule has 4 heteroatoms. The summed E-state index contributed by atoms with van der Waals surface area (Å²) >= 11 is 0. The summed E-state index contributed by atoms with van der Waals surface area (Å²) in [4.78, 5) is 6.74. The summed E-state index contributed by atoms with van der Waals surface area (Å²) in [6, 6.07) is 0. The number of piperidine rings is 1. The van der Waals surface area contributed by atoms with Crippen molar-refractivity contribution in [3.63, 3.8) is 0 Å². The molecule has 1 unspecified atom stereocenters. The number of hydrogen-bond acceptors (Lipinski definition) is 4. The average molecular weight is 195 g/mol. The first-order chi connectivity index (χ1) is 6.79. The lowest BCUT2D eigenvalue weighted by atomic mass is 9.97. The van der Waals surface area contributed by atoms with E-state index >= 15 is 0 Å². The highest BCUT2D eigenvalue weighted by Crippen LogP contribution is 2.24. The highest BCUT2D eigenvalue weighted by atomic mass is 16.5. The lowest BCUT2D eigenvalue weighted by molar-refractivity contribution is 0.211. The second-order valence-electron chi connectivity index (χ2n) is 3.90. The maximum absolute atomic E-state index is 5.01. The van der Waals surface area contributed by atoms with Crippen molar-refractivity contribution in [1.29, 1.82) is 0 Å². The number of rotatable bonds is 2. The van der Waals surface area contributed by atoms with Crippen molar-refractivity contribution in [2.24, 2.45) is 0 Å². The van der Waals surface area contributed by atoms with Crippen LogP contribution in [0.5, 0.6) is 0 Å². The molecular formula is C10H17N3O. The van der Waals surface area contributed by atoms with Gasteiger partial charge in [-0.25, -0.2) is 0 Å². The highest BCUT2D eigenvalue weighted by molar-refractivity contribution is 4.97. The maximum Gasteiger partial charge on any atom is 0.223 e. The van der Waals surface area contributed by atoms with Gasteiger partial charge in [0.15, 0.2) is 5.82 Å². The minimum Gasteiger partial charge on any atom is -0.340 e. The van der Waals surface area contributed by atoms with Gasteiger partial charge in [0.1, 0.15) is 0 Å². The molecule has 0 aromatic carbocycles. The summed E-state index contributed by atoms with van der Waals surface area (Å²) in [5, 5.41) is 4.00. The first kappa shape index (κ1) is 9.65. The van der Waals surface area contributed by atoms with Crippen molar-refractivity contribution in [2.45, 2.75) is 32.6 Å². The fourth-order valence-electron chi connectivity index (χ4n) is 2.03. The molecule has 0 aliphatic carbocycles. The summed E-state index contributed by atoms with van der Waals surface area (Å²) in [5.74, 6) is 2.04. The van der Waals surface area contributed by atoms with Crippen LogP contribution in [0.4, 0.5) is 0 Å². The van der Waals surface area contributed by atoms with Crippen molar-refractivity contribution in [1.82, 2.24) is 15.0 Å². The van der Waals surface area contributed by atoms with E-state index in [2.05, 4.69) is 22.0 Å². The smallest absolute Gasteiger partial charge is 0.223 e. The summed E-state index contributed by atoms with van der Waals surface area (Å²) in [5.41, 5.74) is 0. The molecule has 4 nitrogen and oxygen atoms in total. The van der Waals surface area contributed by atoms with Crippen LogP contribution >= 0.6 is 0 Å². The zero-order valence-electron chi connectivity index (χ0n) is 8.86. The summed E-state index contributed by atoms with van der Waals surface area (Å²) in [6.45, 7) is 7.45. The van der Waals surface area contributed by atoms with E-state index in [1.807, 2.05) is 6.92 Å². The van der Waals surface area contributed by atoms with Crippen LogP contribution in [0.25, 0.3) is 0 Å². The van der Waals surface area contributed by atoms with E-state index in [9.17, 15) is 0 Å². The van der Waals surface area contributed by atoms with Crippen LogP contribution in [0.15, 0.2) is 4.52 Å². The first-order valence-corrected chi connectivity index (χ1v) is 5.32. The van der Waals surface area contributed by atoms with Gasteiger partial charge in [-0.15, -0.1) is 0 Å². The molecule has 2 heterocycles. The predicted octanol–water partition coefficient (Wildman–Crippen LogP) is 1.58. The lowest BCUT2D eigenvalue weighted by Crippen LogP contribution is -2.34. The third-order valence-corrected chi connectivity index (χ3v) is 2.86. The Hall–Kier alpha value is -0.900. The van der Waals surface area contributed by atoms with Crippen molar-refractivity contribution in [3.8, 4) is 0 Å². The van der Waals surface area contributed by atoms with E-state index < -0.39 is 0 Å². The number of likely N-dealkylation sites (tertiary alicyclic amines) is 1. The molecule has 1 aromatic heterocycles. The molecule has 1 fully saturated rings. The van der Waals surface area contributed by atoms with Crippen molar-refractivity contribution in [2.75, 3.05) is 19.6 Å². The fraction of sp³-hybridized carbons (Fsp3) is 0.800. The quantitative estimate of drug-likeness (QED) is 0.718. The Bertz CT molecular complexity index is 297. The van der Waals surface area contributed by atoms with Crippen molar-refractivity contribution < 1.29 is 4.52 Å². The van der Waals surface area contributed by atoms with E-state index in [1.54, 1.807) is 0 Å². The molecule has 0 spiro atoms. The Morgan fingerprint density at radius 3 is 3.07 bits per heavy atom. The zero-order chi connectivity index (χ0) is 9.97. The topological polar surface area (TPSA) is 42.2 Å². The molecule has 0 radical (unpaired) electrons. The Morgan fingerprint density at radius 1 is 1.57 bits per heavy atom. The van der Waals surface area contributed by atoms with Gasteiger partial charge in [0.05, 0.1) is 0 Å². The normalized spacial score (nSPS) is 24.0. The third kappa shape index (κ3) is 1.95. The molecule has 1 aliphatic rings. The monoisotopic (exact) mass is 195 g/mol. The Labute approximate surface area is 84.3 Å². The Balaban J connectivity index is 2.04. The Morgan fingerprint density at radius 2 is 2.43 bits per heavy atom. The van der Waals surface area contributed by atoms with Gasteiger partial charge in [-0.1, -0.05) is 12.1 Å². The molecule has 14 heavy (non-hydrogen) atoms. The SMILES string of the molecule is CCN1CCCC(c2noc(C)n2)C1. The van der Waals surface area contributed by atoms with E-state index in [0.29, 0.717) is 11.8 Å². The van der Waals surface area contributed by atoms with Gasteiger partial charge in [-0.2, -0.15) is 4.98 Å².